The summed E-state index contributed by atoms with van der Waals surface area (Å²) in [5.41, 5.74) is 0.699. The number of hydrogen-bond donors (Lipinski definition) is 2. The quantitative estimate of drug-likeness (QED) is 0.710. The van der Waals surface area contributed by atoms with Crippen molar-refractivity contribution in [1.82, 2.24) is 10.6 Å². The average molecular weight is 224 g/mol. The lowest BCUT2D eigenvalue weighted by Gasteiger charge is -2.05. The number of benzene rings is 1. The van der Waals surface area contributed by atoms with E-state index in [-0.39, 0.29) is 11.7 Å². The smallest absolute Gasteiger partial charge is 0.233 e. The highest BCUT2D eigenvalue weighted by molar-refractivity contribution is 5.77. The molecule has 1 aromatic carbocycles. The van der Waals surface area contributed by atoms with Gasteiger partial charge in [-0.25, -0.2) is 4.39 Å². The van der Waals surface area contributed by atoms with Crippen LogP contribution in [-0.4, -0.2) is 26.0 Å². The standard InChI is InChI=1S/C12H17FN2O/c1-14-9-12(16)15-8-4-6-10-5-2-3-7-11(10)13/h2-3,5,7,14H,4,6,8-9H2,1H3,(H,15,16). The van der Waals surface area contributed by atoms with Crippen molar-refractivity contribution in [2.75, 3.05) is 20.1 Å². The molecule has 0 bridgehead atoms. The van der Waals surface area contributed by atoms with Gasteiger partial charge in [0.05, 0.1) is 6.54 Å². The first-order chi connectivity index (χ1) is 7.74. The Morgan fingerprint density at radius 3 is 2.81 bits per heavy atom. The van der Waals surface area contributed by atoms with Gasteiger partial charge in [-0.05, 0) is 31.5 Å². The number of amides is 1. The van der Waals surface area contributed by atoms with Crippen LogP contribution in [0.2, 0.25) is 0 Å². The minimum Gasteiger partial charge on any atom is -0.355 e. The molecule has 1 amide bonds. The number of nitrogens with one attached hydrogen (secondary N) is 2. The minimum atomic E-state index is -0.177. The summed E-state index contributed by atoms with van der Waals surface area (Å²) < 4.78 is 13.2. The Morgan fingerprint density at radius 1 is 1.38 bits per heavy atom. The fourth-order valence-corrected chi connectivity index (χ4v) is 1.43. The molecule has 0 fully saturated rings. The molecular weight excluding hydrogens is 207 g/mol. The fourth-order valence-electron chi connectivity index (χ4n) is 1.43. The molecule has 0 spiro atoms. The number of hydrogen-bond acceptors (Lipinski definition) is 2. The van der Waals surface area contributed by atoms with Crippen molar-refractivity contribution in [3.63, 3.8) is 0 Å². The van der Waals surface area contributed by atoms with Crippen molar-refractivity contribution in [2.24, 2.45) is 0 Å². The molecule has 0 aliphatic heterocycles. The van der Waals surface area contributed by atoms with E-state index >= 15 is 0 Å². The SMILES string of the molecule is CNCC(=O)NCCCc1ccccc1F. The van der Waals surface area contributed by atoms with E-state index in [1.165, 1.54) is 6.07 Å². The van der Waals surface area contributed by atoms with Gasteiger partial charge in [-0.1, -0.05) is 18.2 Å². The molecule has 0 aliphatic carbocycles. The molecule has 16 heavy (non-hydrogen) atoms. The van der Waals surface area contributed by atoms with E-state index in [1.54, 1.807) is 19.2 Å². The van der Waals surface area contributed by atoms with E-state index in [2.05, 4.69) is 10.6 Å². The summed E-state index contributed by atoms with van der Waals surface area (Å²) in [7, 11) is 1.72. The van der Waals surface area contributed by atoms with Crippen LogP contribution >= 0.6 is 0 Å². The van der Waals surface area contributed by atoms with Crippen molar-refractivity contribution < 1.29 is 9.18 Å². The molecule has 0 radical (unpaired) electrons. The molecular formula is C12H17FN2O. The number of carbonyl (C=O) groups excluding carboxylic acids is 1. The van der Waals surface area contributed by atoms with Crippen LogP contribution in [0.25, 0.3) is 0 Å². The van der Waals surface area contributed by atoms with Crippen LogP contribution in [0, 0.1) is 5.82 Å². The largest absolute Gasteiger partial charge is 0.355 e. The van der Waals surface area contributed by atoms with Gasteiger partial charge < -0.3 is 10.6 Å². The molecule has 0 saturated heterocycles. The predicted octanol–water partition coefficient (Wildman–Crippen LogP) is 1.09. The zero-order chi connectivity index (χ0) is 11.8. The van der Waals surface area contributed by atoms with Gasteiger partial charge in [0.2, 0.25) is 5.91 Å². The lowest BCUT2D eigenvalue weighted by atomic mass is 10.1. The maximum atomic E-state index is 13.2. The van der Waals surface area contributed by atoms with Crippen molar-refractivity contribution >= 4 is 5.91 Å². The van der Waals surface area contributed by atoms with E-state index in [1.807, 2.05) is 6.07 Å². The number of rotatable bonds is 6. The third-order valence-corrected chi connectivity index (χ3v) is 2.24. The molecule has 1 aromatic rings. The third-order valence-electron chi connectivity index (χ3n) is 2.24. The second-order valence-corrected chi connectivity index (χ2v) is 3.58. The molecule has 0 unspecified atom stereocenters. The Hall–Kier alpha value is -1.42. The highest BCUT2D eigenvalue weighted by atomic mass is 19.1. The van der Waals surface area contributed by atoms with Gasteiger partial charge in [-0.2, -0.15) is 0 Å². The first-order valence-corrected chi connectivity index (χ1v) is 5.38. The summed E-state index contributed by atoms with van der Waals surface area (Å²) in [6.45, 7) is 0.897. The maximum Gasteiger partial charge on any atom is 0.233 e. The summed E-state index contributed by atoms with van der Waals surface area (Å²) in [5, 5.41) is 5.51. The number of likely N-dealkylation sites (N-methyl/N-ethyl adjacent to an activating group) is 1. The Morgan fingerprint density at radius 2 is 2.12 bits per heavy atom. The highest BCUT2D eigenvalue weighted by Gasteiger charge is 2.01. The number of halogens is 1. The van der Waals surface area contributed by atoms with Gasteiger partial charge in [0.25, 0.3) is 0 Å². The van der Waals surface area contributed by atoms with Gasteiger partial charge in [-0.3, -0.25) is 4.79 Å². The van der Waals surface area contributed by atoms with Crippen molar-refractivity contribution in [3.05, 3.63) is 35.6 Å². The molecule has 1 rings (SSSR count). The second-order valence-electron chi connectivity index (χ2n) is 3.58. The van der Waals surface area contributed by atoms with Crippen molar-refractivity contribution in [2.45, 2.75) is 12.8 Å². The summed E-state index contributed by atoms with van der Waals surface area (Å²) >= 11 is 0. The lowest BCUT2D eigenvalue weighted by molar-refractivity contribution is -0.120. The Bertz CT molecular complexity index is 342. The summed E-state index contributed by atoms with van der Waals surface area (Å²) in [4.78, 5) is 11.1. The lowest BCUT2D eigenvalue weighted by Crippen LogP contribution is -2.32. The molecule has 0 atom stereocenters. The first-order valence-electron chi connectivity index (χ1n) is 5.38. The van der Waals surface area contributed by atoms with Crippen LogP contribution in [0.15, 0.2) is 24.3 Å². The van der Waals surface area contributed by atoms with Crippen LogP contribution < -0.4 is 10.6 Å². The van der Waals surface area contributed by atoms with Crippen LogP contribution in [0.3, 0.4) is 0 Å². The van der Waals surface area contributed by atoms with Gasteiger partial charge in [0.15, 0.2) is 0 Å². The average Bonchev–Trinajstić information content (AvgIpc) is 2.27. The molecule has 88 valence electrons. The monoisotopic (exact) mass is 224 g/mol. The molecule has 4 heteroatoms. The topological polar surface area (TPSA) is 41.1 Å². The number of aryl methyl sites for hydroxylation is 1. The predicted molar refractivity (Wildman–Crippen MR) is 61.7 cm³/mol. The van der Waals surface area contributed by atoms with E-state index in [0.717, 1.165) is 6.42 Å². The minimum absolute atomic E-state index is 0.0315. The molecule has 2 N–H and O–H groups in total. The van der Waals surface area contributed by atoms with Crippen molar-refractivity contribution in [3.8, 4) is 0 Å². The Balaban J connectivity index is 2.21. The van der Waals surface area contributed by atoms with E-state index in [4.69, 9.17) is 0 Å². The molecule has 0 saturated carbocycles. The van der Waals surface area contributed by atoms with E-state index in [9.17, 15) is 9.18 Å². The third kappa shape index (κ3) is 4.40. The van der Waals surface area contributed by atoms with Gasteiger partial charge >= 0.3 is 0 Å². The molecule has 0 heterocycles. The molecule has 0 aliphatic rings. The van der Waals surface area contributed by atoms with Gasteiger partial charge in [-0.15, -0.1) is 0 Å². The zero-order valence-corrected chi connectivity index (χ0v) is 9.42. The van der Waals surface area contributed by atoms with Crippen LogP contribution in [0.5, 0.6) is 0 Å². The summed E-state index contributed by atoms with van der Waals surface area (Å²) in [6.07, 6.45) is 1.39. The summed E-state index contributed by atoms with van der Waals surface area (Å²) in [5.74, 6) is -0.208. The van der Waals surface area contributed by atoms with E-state index in [0.29, 0.717) is 25.1 Å². The maximum absolute atomic E-state index is 13.2. The second kappa shape index (κ2) is 6.95. The van der Waals surface area contributed by atoms with Gasteiger partial charge in [0, 0.05) is 6.54 Å². The Kier molecular flexibility index (Phi) is 5.50. The van der Waals surface area contributed by atoms with Gasteiger partial charge in [0.1, 0.15) is 5.82 Å². The Labute approximate surface area is 95.0 Å². The number of carbonyl (C=O) groups is 1. The first kappa shape index (κ1) is 12.6. The van der Waals surface area contributed by atoms with E-state index < -0.39 is 0 Å². The van der Waals surface area contributed by atoms with Crippen LogP contribution in [0.1, 0.15) is 12.0 Å². The normalized spacial score (nSPS) is 10.1. The summed E-state index contributed by atoms with van der Waals surface area (Å²) in [6, 6.07) is 6.71. The fraction of sp³-hybridized carbons (Fsp3) is 0.417. The van der Waals surface area contributed by atoms with Crippen LogP contribution in [0.4, 0.5) is 4.39 Å². The highest BCUT2D eigenvalue weighted by Crippen LogP contribution is 2.08. The van der Waals surface area contributed by atoms with Crippen molar-refractivity contribution in [1.29, 1.82) is 0 Å². The van der Waals surface area contributed by atoms with Crippen LogP contribution in [-0.2, 0) is 11.2 Å². The zero-order valence-electron chi connectivity index (χ0n) is 9.42. The molecule has 3 nitrogen and oxygen atoms in total. The molecule has 0 aromatic heterocycles.